The van der Waals surface area contributed by atoms with Gasteiger partial charge < -0.3 is 9.26 Å². The molecule has 0 spiro atoms. The summed E-state index contributed by atoms with van der Waals surface area (Å²) in [5.41, 5.74) is -1.06. The van der Waals surface area contributed by atoms with Crippen LogP contribution in [0.2, 0.25) is 0 Å². The third-order valence-electron chi connectivity index (χ3n) is 2.13. The van der Waals surface area contributed by atoms with Gasteiger partial charge in [0.05, 0.1) is 7.11 Å². The highest BCUT2D eigenvalue weighted by Gasteiger charge is 2.30. The Hall–Kier alpha value is -0.840. The van der Waals surface area contributed by atoms with Gasteiger partial charge in [0.25, 0.3) is 0 Å². The van der Waals surface area contributed by atoms with E-state index in [0.29, 0.717) is 5.75 Å². The molecule has 100 valence electrons. The third-order valence-corrected chi connectivity index (χ3v) is 3.91. The van der Waals surface area contributed by atoms with Crippen molar-refractivity contribution in [2.75, 3.05) is 7.11 Å². The molecule has 7 heteroatoms. The topological polar surface area (TPSA) is 64.6 Å². The molecule has 0 saturated carbocycles. The van der Waals surface area contributed by atoms with Crippen LogP contribution in [0.3, 0.4) is 0 Å². The molecule has 5 nitrogen and oxygen atoms in total. The van der Waals surface area contributed by atoms with E-state index in [1.54, 1.807) is 38.1 Å². The number of esters is 1. The van der Waals surface area contributed by atoms with Gasteiger partial charge in [0.15, 0.2) is 0 Å². The predicted molar refractivity (Wildman–Crippen MR) is 73.0 cm³/mol. The molecule has 1 aromatic rings. The molecule has 0 aromatic heterocycles. The first kappa shape index (κ1) is 15.2. The van der Waals surface area contributed by atoms with Crippen molar-refractivity contribution in [1.29, 1.82) is 0 Å². The fourth-order valence-corrected chi connectivity index (χ4v) is 2.47. The van der Waals surface area contributed by atoms with E-state index in [1.807, 2.05) is 0 Å². The van der Waals surface area contributed by atoms with Crippen LogP contribution in [0.15, 0.2) is 28.7 Å². The van der Waals surface area contributed by atoms with Crippen LogP contribution in [0.5, 0.6) is 5.75 Å². The normalized spacial score (nSPS) is 12.9. The minimum absolute atomic E-state index is 0.468. The Balaban J connectivity index is 2.62. The molecular formula is C11H15BrNO4P. The van der Waals surface area contributed by atoms with Crippen LogP contribution in [0, 0.1) is 0 Å². The second-order valence-electron chi connectivity index (χ2n) is 4.09. The summed E-state index contributed by atoms with van der Waals surface area (Å²) in [7, 11) is -1.31. The van der Waals surface area contributed by atoms with Gasteiger partial charge in [-0.3, -0.25) is 9.36 Å². The smallest absolute Gasteiger partial charge is 0.325 e. The maximum atomic E-state index is 11.8. The number of carbonyl (C=O) groups is 1. The summed E-state index contributed by atoms with van der Waals surface area (Å²) in [5, 5.41) is 2.61. The summed E-state index contributed by atoms with van der Waals surface area (Å²) in [6.07, 6.45) is 0. The average Bonchev–Trinajstić information content (AvgIpc) is 2.30. The van der Waals surface area contributed by atoms with Gasteiger partial charge >= 0.3 is 14.1 Å². The summed E-state index contributed by atoms with van der Waals surface area (Å²) in [6.45, 7) is 3.15. The SMILES string of the molecule is COC(=O)C(C)(C)N[PH](=O)Oc1ccc(Br)cc1. The summed E-state index contributed by atoms with van der Waals surface area (Å²) in [6, 6.07) is 6.91. The Morgan fingerprint density at radius 1 is 1.33 bits per heavy atom. The van der Waals surface area contributed by atoms with Crippen LogP contribution >= 0.6 is 24.1 Å². The van der Waals surface area contributed by atoms with E-state index in [4.69, 9.17) is 4.52 Å². The molecule has 1 rings (SSSR count). The van der Waals surface area contributed by atoms with Crippen LogP contribution in [0.4, 0.5) is 0 Å². The zero-order valence-electron chi connectivity index (χ0n) is 10.3. The molecule has 0 aliphatic carbocycles. The minimum Gasteiger partial charge on any atom is -0.468 e. The van der Waals surface area contributed by atoms with E-state index >= 15 is 0 Å². The molecule has 0 bridgehead atoms. The first-order chi connectivity index (χ1) is 8.35. The molecule has 18 heavy (non-hydrogen) atoms. The van der Waals surface area contributed by atoms with Gasteiger partial charge in [0.1, 0.15) is 11.3 Å². The second kappa shape index (κ2) is 6.36. The summed E-state index contributed by atoms with van der Waals surface area (Å²) in [4.78, 5) is 11.4. The zero-order valence-corrected chi connectivity index (χ0v) is 12.9. The van der Waals surface area contributed by atoms with Crippen molar-refractivity contribution >= 4 is 30.1 Å². The monoisotopic (exact) mass is 335 g/mol. The van der Waals surface area contributed by atoms with Crippen molar-refractivity contribution in [3.8, 4) is 5.75 Å². The Morgan fingerprint density at radius 3 is 2.39 bits per heavy atom. The lowest BCUT2D eigenvalue weighted by molar-refractivity contribution is -0.146. The van der Waals surface area contributed by atoms with E-state index in [0.717, 1.165) is 4.47 Å². The van der Waals surface area contributed by atoms with Crippen molar-refractivity contribution in [3.63, 3.8) is 0 Å². The quantitative estimate of drug-likeness (QED) is 0.662. The highest BCUT2D eigenvalue weighted by Crippen LogP contribution is 2.27. The summed E-state index contributed by atoms with van der Waals surface area (Å²) >= 11 is 3.29. The first-order valence-corrected chi connectivity index (χ1v) is 7.30. The fourth-order valence-electron chi connectivity index (χ4n) is 1.20. The van der Waals surface area contributed by atoms with Crippen molar-refractivity contribution in [3.05, 3.63) is 28.7 Å². The Bertz CT molecular complexity index is 447. The second-order valence-corrected chi connectivity index (χ2v) is 6.03. The molecule has 0 radical (unpaired) electrons. The number of methoxy groups -OCH3 is 1. The maximum absolute atomic E-state index is 11.8. The van der Waals surface area contributed by atoms with Gasteiger partial charge in [-0.25, -0.2) is 5.09 Å². The molecule has 0 fully saturated rings. The summed E-state index contributed by atoms with van der Waals surface area (Å²) in [5.74, 6) is -0.0319. The van der Waals surface area contributed by atoms with Gasteiger partial charge in [-0.15, -0.1) is 0 Å². The lowest BCUT2D eigenvalue weighted by Crippen LogP contribution is -2.44. The lowest BCUT2D eigenvalue weighted by Gasteiger charge is -2.22. The molecule has 1 aromatic carbocycles. The molecule has 1 N–H and O–H groups in total. The highest BCUT2D eigenvalue weighted by atomic mass is 79.9. The molecule has 0 heterocycles. The number of halogens is 1. The molecule has 0 aliphatic rings. The number of hydrogen-bond acceptors (Lipinski definition) is 4. The fraction of sp³-hybridized carbons (Fsp3) is 0.364. The number of ether oxygens (including phenoxy) is 1. The van der Waals surface area contributed by atoms with Gasteiger partial charge in [-0.1, -0.05) is 15.9 Å². The van der Waals surface area contributed by atoms with E-state index in [-0.39, 0.29) is 0 Å². The zero-order chi connectivity index (χ0) is 13.8. The van der Waals surface area contributed by atoms with Crippen molar-refractivity contribution < 1.29 is 18.6 Å². The van der Waals surface area contributed by atoms with Gasteiger partial charge in [0.2, 0.25) is 0 Å². The number of nitrogens with one attached hydrogen (secondary N) is 1. The van der Waals surface area contributed by atoms with E-state index < -0.39 is 19.7 Å². The van der Waals surface area contributed by atoms with Gasteiger partial charge in [-0.2, -0.15) is 0 Å². The number of carbonyl (C=O) groups excluding carboxylic acids is 1. The van der Waals surface area contributed by atoms with E-state index in [1.165, 1.54) is 7.11 Å². The largest absolute Gasteiger partial charge is 0.468 e. The average molecular weight is 336 g/mol. The maximum Gasteiger partial charge on any atom is 0.325 e. The number of benzene rings is 1. The minimum atomic E-state index is -2.58. The number of hydrogen-bond donors (Lipinski definition) is 1. The predicted octanol–water partition coefficient (Wildman–Crippen LogP) is 2.76. The van der Waals surface area contributed by atoms with E-state index in [2.05, 4.69) is 25.8 Å². The Labute approximate surface area is 115 Å². The molecular weight excluding hydrogens is 321 g/mol. The molecule has 1 unspecified atom stereocenters. The number of rotatable bonds is 5. The van der Waals surface area contributed by atoms with Gasteiger partial charge in [0, 0.05) is 4.47 Å². The van der Waals surface area contributed by atoms with E-state index in [9.17, 15) is 9.36 Å². The highest BCUT2D eigenvalue weighted by molar-refractivity contribution is 9.10. The molecule has 0 amide bonds. The Kier molecular flexibility index (Phi) is 5.38. The van der Waals surface area contributed by atoms with Crippen LogP contribution in [-0.2, 0) is 14.1 Å². The Morgan fingerprint density at radius 2 is 1.89 bits per heavy atom. The lowest BCUT2D eigenvalue weighted by atomic mass is 10.1. The summed E-state index contributed by atoms with van der Waals surface area (Å²) < 4.78 is 22.5. The molecule has 0 aliphatic heterocycles. The third kappa shape index (κ3) is 4.44. The van der Waals surface area contributed by atoms with Crippen molar-refractivity contribution in [2.45, 2.75) is 19.4 Å². The molecule has 0 saturated heterocycles. The van der Waals surface area contributed by atoms with Crippen LogP contribution in [-0.4, -0.2) is 18.6 Å². The van der Waals surface area contributed by atoms with Crippen molar-refractivity contribution in [1.82, 2.24) is 5.09 Å². The van der Waals surface area contributed by atoms with Crippen molar-refractivity contribution in [2.24, 2.45) is 0 Å². The molecule has 1 atom stereocenters. The van der Waals surface area contributed by atoms with Crippen LogP contribution in [0.25, 0.3) is 0 Å². The standard InChI is InChI=1S/C11H15BrNO4P/c1-11(2,10(14)16-3)13-18(15)17-9-6-4-8(12)5-7-9/h4-7,18H,1-3H3,(H,13,15). The first-order valence-electron chi connectivity index (χ1n) is 5.19. The van der Waals surface area contributed by atoms with Crippen LogP contribution in [0.1, 0.15) is 13.8 Å². The van der Waals surface area contributed by atoms with Gasteiger partial charge in [-0.05, 0) is 38.1 Å². The van der Waals surface area contributed by atoms with Crippen LogP contribution < -0.4 is 9.61 Å².